The minimum absolute atomic E-state index is 0.0805. The number of nitrogens with one attached hydrogen (secondary N) is 1. The summed E-state index contributed by atoms with van der Waals surface area (Å²) in [5, 5.41) is 3.79. The summed E-state index contributed by atoms with van der Waals surface area (Å²) in [4.78, 5) is 17.8. The van der Waals surface area contributed by atoms with E-state index in [4.69, 9.17) is 37.4 Å². The quantitative estimate of drug-likeness (QED) is 0.253. The second kappa shape index (κ2) is 14.2. The number of benzene rings is 2. The molecule has 38 heavy (non-hydrogen) atoms. The van der Waals surface area contributed by atoms with Gasteiger partial charge in [-0.1, -0.05) is 49.2 Å². The number of nitrogens with zero attached hydrogens (tertiary/aromatic N) is 1. The van der Waals surface area contributed by atoms with Gasteiger partial charge in [0.15, 0.2) is 17.3 Å². The number of carbonyl (C=O) groups excluding carboxylic acids is 1. The van der Waals surface area contributed by atoms with E-state index in [1.165, 1.54) is 32.5 Å². The van der Waals surface area contributed by atoms with Gasteiger partial charge in [0.05, 0.1) is 36.4 Å². The molecule has 0 fully saturated rings. The molecule has 0 aliphatic carbocycles. The molecule has 1 aromatic heterocycles. The molecule has 0 aliphatic rings. The Hall–Kier alpha value is -3.03. The fourth-order valence-electron chi connectivity index (χ4n) is 3.55. The van der Waals surface area contributed by atoms with Gasteiger partial charge in [0.25, 0.3) is 0 Å². The van der Waals surface area contributed by atoms with Crippen LogP contribution in [0.25, 0.3) is 0 Å². The van der Waals surface area contributed by atoms with Crippen LogP contribution in [0.1, 0.15) is 56.1 Å². The lowest BCUT2D eigenvalue weighted by molar-refractivity contribution is 0.0988. The minimum atomic E-state index is -0.309. The summed E-state index contributed by atoms with van der Waals surface area (Å²) >= 11 is 13.0. The van der Waals surface area contributed by atoms with E-state index in [0.29, 0.717) is 34.9 Å². The molecule has 0 aliphatic heterocycles. The van der Waals surface area contributed by atoms with Crippen LogP contribution in [0.15, 0.2) is 42.6 Å². The number of aromatic nitrogens is 1. The van der Waals surface area contributed by atoms with Crippen LogP contribution >= 0.6 is 23.2 Å². The lowest BCUT2D eigenvalue weighted by Crippen LogP contribution is -2.27. The van der Waals surface area contributed by atoms with Crippen molar-refractivity contribution < 1.29 is 23.4 Å². The van der Waals surface area contributed by atoms with E-state index < -0.39 is 0 Å². The lowest BCUT2D eigenvalue weighted by atomic mass is 10.0. The van der Waals surface area contributed by atoms with Crippen molar-refractivity contribution in [1.82, 2.24) is 4.98 Å². The number of hydrogen-bond acceptors (Lipinski definition) is 6. The summed E-state index contributed by atoms with van der Waals surface area (Å²) in [6.45, 7) is 10.2. The maximum Gasteiger partial charge on any atom is 0.204 e. The van der Waals surface area contributed by atoms with Crippen molar-refractivity contribution in [1.29, 1.82) is 0 Å². The Morgan fingerprint density at radius 2 is 1.66 bits per heavy atom. The Balaban J connectivity index is 0.00000247. The molecule has 9 heteroatoms. The molecule has 0 unspecified atom stereocenters. The molecule has 1 heterocycles. The van der Waals surface area contributed by atoms with Crippen LogP contribution in [0.4, 0.5) is 10.2 Å². The van der Waals surface area contributed by atoms with Gasteiger partial charge < -0.3 is 19.5 Å². The number of Topliss-reactive ketones (excluding diaryl/α,β-unsaturated/α-hetero) is 1. The number of methoxy groups -OCH3 is 2. The average molecular weight is 566 g/mol. The van der Waals surface area contributed by atoms with Crippen LogP contribution in [0.3, 0.4) is 0 Å². The van der Waals surface area contributed by atoms with Crippen molar-refractivity contribution >= 4 is 34.8 Å². The molecule has 1 N–H and O–H groups in total. The minimum Gasteiger partial charge on any atom is -0.493 e. The van der Waals surface area contributed by atoms with Gasteiger partial charge in [0.1, 0.15) is 11.6 Å². The summed E-state index contributed by atoms with van der Waals surface area (Å²) in [6, 6.07) is 9.41. The number of hydrogen-bond donors (Lipinski definition) is 1. The molecule has 3 aromatic rings. The van der Waals surface area contributed by atoms with Gasteiger partial charge in [-0.3, -0.25) is 4.79 Å². The lowest BCUT2D eigenvalue weighted by Gasteiger charge is -2.23. The number of anilines is 1. The fourth-order valence-corrected chi connectivity index (χ4v) is 4.07. The first-order chi connectivity index (χ1) is 18.0. The van der Waals surface area contributed by atoms with Crippen molar-refractivity contribution in [2.24, 2.45) is 0 Å². The van der Waals surface area contributed by atoms with Crippen molar-refractivity contribution in [3.05, 3.63) is 75.1 Å². The largest absolute Gasteiger partial charge is 0.493 e. The summed E-state index contributed by atoms with van der Waals surface area (Å²) < 4.78 is 30.2. The molecule has 0 spiro atoms. The highest BCUT2D eigenvalue weighted by Crippen LogP contribution is 2.41. The number of pyridine rings is 1. The fraction of sp³-hybridized carbons (Fsp3) is 0.379. The molecule has 206 valence electrons. The van der Waals surface area contributed by atoms with Crippen molar-refractivity contribution in [3.8, 4) is 17.2 Å². The smallest absolute Gasteiger partial charge is 0.204 e. The molecule has 6 nitrogen and oxygen atoms in total. The number of rotatable bonds is 10. The van der Waals surface area contributed by atoms with Crippen molar-refractivity contribution in [2.45, 2.75) is 53.0 Å². The van der Waals surface area contributed by atoms with Crippen molar-refractivity contribution in [3.63, 3.8) is 0 Å². The van der Waals surface area contributed by atoms with E-state index in [2.05, 4.69) is 10.3 Å². The summed E-state index contributed by atoms with van der Waals surface area (Å²) in [5.41, 5.74) is 1.35. The number of ether oxygens (including phenoxy) is 3. The van der Waals surface area contributed by atoms with Crippen LogP contribution in [-0.2, 0) is 12.8 Å². The van der Waals surface area contributed by atoms with E-state index in [1.807, 2.05) is 34.6 Å². The Bertz CT molecular complexity index is 1230. The van der Waals surface area contributed by atoms with Crippen LogP contribution in [0, 0.1) is 5.82 Å². The Morgan fingerprint density at radius 3 is 2.24 bits per heavy atom. The summed E-state index contributed by atoms with van der Waals surface area (Å²) in [6.07, 6.45) is 1.89. The molecule has 0 saturated heterocycles. The highest BCUT2D eigenvalue weighted by atomic mass is 35.5. The third-order valence-electron chi connectivity index (χ3n) is 5.25. The molecule has 3 rings (SSSR count). The first kappa shape index (κ1) is 31.2. The van der Waals surface area contributed by atoms with Crippen LogP contribution < -0.4 is 19.5 Å². The average Bonchev–Trinajstić information content (AvgIpc) is 2.89. The maximum absolute atomic E-state index is 13.5. The standard InChI is InChI=1S/C27H29Cl2FN2O4.C2H6/c1-27(2,3)32-26-23(29)19(20(28)15-31-26)14-21(33)18-10-11-22(34-4)25(35-5)24(18)36-13-12-16-6-8-17(30)9-7-16;1-2/h6-11,15H,12-14H2,1-5H3,(H,31,32);1-2H3. The summed E-state index contributed by atoms with van der Waals surface area (Å²) in [7, 11) is 2.97. The van der Waals surface area contributed by atoms with Gasteiger partial charge in [-0.25, -0.2) is 9.37 Å². The molecule has 0 atom stereocenters. The normalized spacial score (nSPS) is 10.8. The summed E-state index contributed by atoms with van der Waals surface area (Å²) in [5.74, 6) is 0.824. The second-order valence-corrected chi connectivity index (χ2v) is 9.91. The zero-order chi connectivity index (χ0) is 28.5. The van der Waals surface area contributed by atoms with E-state index >= 15 is 0 Å². The molecular formula is C29H35Cl2FN2O4. The van der Waals surface area contributed by atoms with Gasteiger partial charge in [0, 0.05) is 30.1 Å². The molecule has 0 saturated carbocycles. The van der Waals surface area contributed by atoms with Crippen molar-refractivity contribution in [2.75, 3.05) is 26.1 Å². The predicted octanol–water partition coefficient (Wildman–Crippen LogP) is 7.83. The maximum atomic E-state index is 13.5. The first-order valence-corrected chi connectivity index (χ1v) is 13.1. The topological polar surface area (TPSA) is 69.7 Å². The third-order valence-corrected chi connectivity index (χ3v) is 5.98. The zero-order valence-corrected chi connectivity index (χ0v) is 24.4. The molecule has 0 bridgehead atoms. The highest BCUT2D eigenvalue weighted by molar-refractivity contribution is 6.37. The van der Waals surface area contributed by atoms with Gasteiger partial charge in [-0.05, 0) is 50.6 Å². The van der Waals surface area contributed by atoms with E-state index in [0.717, 1.165) is 5.56 Å². The number of ketones is 1. The monoisotopic (exact) mass is 564 g/mol. The van der Waals surface area contributed by atoms with Gasteiger partial charge in [-0.2, -0.15) is 0 Å². The van der Waals surface area contributed by atoms with Crippen LogP contribution in [0.5, 0.6) is 17.2 Å². The van der Waals surface area contributed by atoms with E-state index in [1.54, 1.807) is 24.3 Å². The molecule has 0 radical (unpaired) electrons. The molecular weight excluding hydrogens is 530 g/mol. The SMILES string of the molecule is CC.COc1ccc(C(=O)Cc2c(Cl)cnc(NC(C)(C)C)c2Cl)c(OCCc2ccc(F)cc2)c1OC. The second-order valence-electron chi connectivity index (χ2n) is 9.12. The number of carbonyl (C=O) groups is 1. The Morgan fingerprint density at radius 1 is 1.00 bits per heavy atom. The highest BCUT2D eigenvalue weighted by Gasteiger charge is 2.24. The van der Waals surface area contributed by atoms with Gasteiger partial charge >= 0.3 is 0 Å². The third kappa shape index (κ3) is 8.23. The Kier molecular flexibility index (Phi) is 11.7. The molecule has 0 amide bonds. The molecule has 2 aromatic carbocycles. The Labute approximate surface area is 234 Å². The van der Waals surface area contributed by atoms with E-state index in [9.17, 15) is 9.18 Å². The number of halogens is 3. The first-order valence-electron chi connectivity index (χ1n) is 12.3. The van der Waals surface area contributed by atoms with Gasteiger partial charge in [0.2, 0.25) is 5.75 Å². The van der Waals surface area contributed by atoms with Crippen LogP contribution in [0.2, 0.25) is 10.0 Å². The van der Waals surface area contributed by atoms with Crippen LogP contribution in [-0.4, -0.2) is 37.1 Å². The predicted molar refractivity (Wildman–Crippen MR) is 152 cm³/mol. The zero-order valence-electron chi connectivity index (χ0n) is 22.9. The van der Waals surface area contributed by atoms with Gasteiger partial charge in [-0.15, -0.1) is 0 Å². The van der Waals surface area contributed by atoms with E-state index in [-0.39, 0.29) is 46.0 Å².